The molecular formula is C94H138IN5O34S3. The number of carbonyl (C=O) groups excluding carboxylic acids is 9. The van der Waals surface area contributed by atoms with E-state index in [1.54, 1.807) is 38.7 Å². The number of aliphatic hydroxyl groups excluding tert-OH is 5. The lowest BCUT2D eigenvalue weighted by Crippen LogP contribution is -2.65. The van der Waals surface area contributed by atoms with Crippen molar-refractivity contribution < 1.29 is 164 Å². The number of methoxy groups -OCH3 is 3. The molecule has 0 unspecified atom stereocenters. The van der Waals surface area contributed by atoms with Crippen molar-refractivity contribution in [2.24, 2.45) is 5.92 Å². The Balaban J connectivity index is 0.765. The minimum atomic E-state index is -1.88. The Bertz CT molecular complexity index is 4320. The van der Waals surface area contributed by atoms with Crippen molar-refractivity contribution >= 4 is 108 Å². The largest absolute Gasteiger partial charge is 0.492 e. The predicted molar refractivity (Wildman–Crippen MR) is 509 cm³/mol. The summed E-state index contributed by atoms with van der Waals surface area (Å²) >= 11 is 2.77. The minimum Gasteiger partial charge on any atom is -0.492 e. The fourth-order valence-corrected chi connectivity index (χ4v) is 20.2. The van der Waals surface area contributed by atoms with E-state index in [4.69, 9.17) is 90.1 Å². The lowest BCUT2D eigenvalue weighted by Gasteiger charge is -2.47. The Morgan fingerprint density at radius 1 is 0.701 bits per heavy atom. The molecule has 0 saturated carbocycles. The molecule has 9 N–H and O–H groups in total. The smallest absolute Gasteiger partial charge is 0.253 e. The number of nitrogens with one attached hydrogen (secondary N) is 3. The van der Waals surface area contributed by atoms with Crippen molar-refractivity contribution in [2.75, 3.05) is 166 Å². The number of imide groups is 1. The number of nitrogens with zero attached hydrogens (tertiary/aromatic N) is 2. The van der Waals surface area contributed by atoms with Crippen LogP contribution in [0.2, 0.25) is 0 Å². The Kier molecular flexibility index (Phi) is 51.2. The molecule has 2 aliphatic carbocycles. The molecule has 5 heterocycles. The fraction of sp³-hybridized carbons (Fsp3) is 0.713. The van der Waals surface area contributed by atoms with Crippen LogP contribution in [0.15, 0.2) is 47.2 Å². The number of Topliss-reactive ketones (excluding diaryl/α,β-unsaturated/α-hetero) is 3. The minimum absolute atomic E-state index is 0.00664. The molecule has 1 aromatic carbocycles. The zero-order chi connectivity index (χ0) is 99.7. The lowest BCUT2D eigenvalue weighted by atomic mass is 9.74. The van der Waals surface area contributed by atoms with Crippen LogP contribution in [0.1, 0.15) is 155 Å². The predicted octanol–water partition coefficient (Wildman–Crippen LogP) is 4.54. The number of hydrogen-bond donors (Lipinski definition) is 9. The van der Waals surface area contributed by atoms with Gasteiger partial charge >= 0.3 is 0 Å². The van der Waals surface area contributed by atoms with Gasteiger partial charge in [0, 0.05) is 140 Å². The quantitative estimate of drug-likeness (QED) is 0.0108. The van der Waals surface area contributed by atoms with Crippen molar-refractivity contribution in [1.29, 1.82) is 0 Å². The number of thioether (sulfide) groups is 1. The molecule has 43 heteroatoms. The van der Waals surface area contributed by atoms with Crippen molar-refractivity contribution in [3.05, 3.63) is 61.9 Å². The molecule has 2 bridgehead atoms. The van der Waals surface area contributed by atoms with Crippen LogP contribution in [-0.2, 0) is 114 Å². The number of ketones is 3. The van der Waals surface area contributed by atoms with Gasteiger partial charge in [0.1, 0.15) is 41.6 Å². The van der Waals surface area contributed by atoms with Crippen LogP contribution >= 0.6 is 55.9 Å². The Labute approximate surface area is 826 Å². The highest BCUT2D eigenvalue weighted by molar-refractivity contribution is 14.1. The Morgan fingerprint density at radius 3 is 1.89 bits per heavy atom. The number of hydroxylamine groups is 1. The van der Waals surface area contributed by atoms with Crippen LogP contribution in [0.25, 0.3) is 0 Å². The van der Waals surface area contributed by atoms with Gasteiger partial charge in [-0.15, -0.1) is 0 Å². The third kappa shape index (κ3) is 36.6. The van der Waals surface area contributed by atoms with Gasteiger partial charge in [0.05, 0.1) is 195 Å². The summed E-state index contributed by atoms with van der Waals surface area (Å²) in [5, 5.41) is 73.5. The summed E-state index contributed by atoms with van der Waals surface area (Å²) in [5.74, 6) is 8.92. The van der Waals surface area contributed by atoms with E-state index in [2.05, 4.69) is 39.8 Å². The van der Waals surface area contributed by atoms with Crippen molar-refractivity contribution in [3.8, 4) is 40.9 Å². The van der Waals surface area contributed by atoms with Gasteiger partial charge in [0.2, 0.25) is 34.9 Å². The first-order chi connectivity index (χ1) is 65.7. The van der Waals surface area contributed by atoms with E-state index < -0.39 is 161 Å². The zero-order valence-corrected chi connectivity index (χ0v) is 84.7. The highest BCUT2D eigenvalue weighted by Gasteiger charge is 2.52. The number of allylic oxidation sites excluding steroid dienone is 3. The van der Waals surface area contributed by atoms with Crippen LogP contribution in [0.5, 0.6) is 17.2 Å². The first-order valence-electron chi connectivity index (χ1n) is 46.3. The zero-order valence-electron chi connectivity index (χ0n) is 80.1. The van der Waals surface area contributed by atoms with Crippen LogP contribution in [0, 0.1) is 40.1 Å². The second-order valence-electron chi connectivity index (χ2n) is 34.1. The number of hydrogen-bond acceptors (Lipinski definition) is 38. The summed E-state index contributed by atoms with van der Waals surface area (Å²) in [6, 6.07) is -1.66. The Morgan fingerprint density at radius 2 is 1.30 bits per heavy atom. The number of benzene rings is 1. The molecule has 19 atom stereocenters. The normalized spacial score (nSPS) is 27.3. The van der Waals surface area contributed by atoms with Crippen molar-refractivity contribution in [2.45, 2.75) is 260 Å². The van der Waals surface area contributed by atoms with Crippen LogP contribution in [0.4, 0.5) is 0 Å². The maximum atomic E-state index is 14.6. The molecule has 0 spiro atoms. The molecule has 768 valence electrons. The first-order valence-corrected chi connectivity index (χ1v) is 50.6. The number of likely N-dealkylation sites (N-methyl/N-ethyl adjacent to an activating group) is 1. The van der Waals surface area contributed by atoms with Crippen LogP contribution < -0.4 is 30.3 Å². The Hall–Kier alpha value is -6.21. The van der Waals surface area contributed by atoms with Crippen LogP contribution in [0.3, 0.4) is 0 Å². The third-order valence-corrected chi connectivity index (χ3v) is 29.3. The van der Waals surface area contributed by atoms with Gasteiger partial charge in [-0.1, -0.05) is 63.1 Å². The van der Waals surface area contributed by atoms with Gasteiger partial charge in [-0.05, 0) is 119 Å². The summed E-state index contributed by atoms with van der Waals surface area (Å²) < 4.78 is 107. The standard InChI is InChI=1S/C94H138IN5O34S3/c1-13-99(62(7)103)69-56-127-76(53-72(69)116-10)132-87-84(113)80(98-134-77-52-70(106)89(60(5)128-77)136-90(114)78-57(2)79(95)86(88(118-12)85(78)117-11)133-91-83(112)67(55-101)82(111)59(4)130-91)58(3)129-92(87)131-65-23-17-15-14-16-18-30-94(115)54-71(107)81(97-61(6)102)66(51-65)68(94)29-50-135-137-93(8,9)31-26-73(108)96-32-19-21-64(105)28-35-120-37-39-122-41-43-124-45-47-126-49-48-125-46-44-123-42-40-121-38-36-119-34-20-22-63(104)27-33-100-74(109)24-25-75(100)110/h14-15,24-25,29,58-60,65,67,69-70,72,76-77,80,82-84,87,89,91-92,98,101,106,111-113,115H,13,19-22,26-28,30-56H2,1-12H3,(H,96,108)(H,97,102)/b15-14-,68-29?/t58-,59+,60-,65+,67-,69+,70+,72+,76+,77+,80-,82+,83-,84+,87-,89-,91+,92+,94+/m1/s1. The van der Waals surface area contributed by atoms with E-state index in [1.807, 2.05) is 43.4 Å². The maximum Gasteiger partial charge on any atom is 0.253 e. The molecule has 8 rings (SSSR count). The molecule has 0 aromatic heterocycles. The molecule has 137 heavy (non-hydrogen) atoms. The number of halogens is 1. The summed E-state index contributed by atoms with van der Waals surface area (Å²) in [7, 11) is 7.13. The van der Waals surface area contributed by atoms with Crippen LogP contribution in [-0.4, -0.2) is 372 Å². The third-order valence-electron chi connectivity index (χ3n) is 23.5. The topological polar surface area (TPSA) is 493 Å². The average Bonchev–Trinajstić information content (AvgIpc) is 1.20. The highest BCUT2D eigenvalue weighted by atomic mass is 127. The maximum absolute atomic E-state index is 14.6. The second-order valence-corrected chi connectivity index (χ2v) is 39.3. The number of fused-ring (bicyclic) bond motifs is 2. The molecular weight excluding hydrogens is 1970 g/mol. The number of aliphatic hydroxyl groups is 6. The summed E-state index contributed by atoms with van der Waals surface area (Å²) in [6.07, 6.45) is -7.92. The lowest BCUT2D eigenvalue weighted by molar-refractivity contribution is -0.338. The van der Waals surface area contributed by atoms with E-state index in [0.29, 0.717) is 147 Å². The first kappa shape index (κ1) is 116. The summed E-state index contributed by atoms with van der Waals surface area (Å²) in [4.78, 5) is 125. The molecule has 5 aliphatic heterocycles. The van der Waals surface area contributed by atoms with Gasteiger partial charge in [-0.2, -0.15) is 5.48 Å². The van der Waals surface area contributed by atoms with E-state index >= 15 is 0 Å². The van der Waals surface area contributed by atoms with Gasteiger partial charge in [-0.3, -0.25) is 52.9 Å². The molecule has 4 fully saturated rings. The molecule has 7 aliphatic rings. The average molecular weight is 2110 g/mol. The van der Waals surface area contributed by atoms with Crippen molar-refractivity contribution in [1.82, 2.24) is 25.9 Å². The van der Waals surface area contributed by atoms with E-state index in [1.165, 1.54) is 81.1 Å². The molecule has 0 radical (unpaired) electrons. The summed E-state index contributed by atoms with van der Waals surface area (Å²) in [6.45, 7) is 21.2. The number of ether oxygens (including phenoxy) is 18. The monoisotopic (exact) mass is 2100 g/mol. The molecule has 1 aromatic rings. The van der Waals surface area contributed by atoms with Gasteiger partial charge in [0.25, 0.3) is 11.8 Å². The molecule has 5 amide bonds. The second kappa shape index (κ2) is 60.4. The molecule has 39 nitrogen and oxygen atoms in total. The van der Waals surface area contributed by atoms with Crippen molar-refractivity contribution in [3.63, 3.8) is 0 Å². The fourth-order valence-electron chi connectivity index (χ4n) is 16.0. The molecule has 4 saturated heterocycles. The van der Waals surface area contributed by atoms with Gasteiger partial charge in [0.15, 0.2) is 36.2 Å². The SMILES string of the molecule is CCN(C(C)=O)[C@H]1CO[C@@H](O[C@H]2[C@H](O[C@H]3C#C/C=C\C#CC[C@]4(O)CC(=O)C(NC(C)=O)=C(C3)C4=CCSSC(C)(C)CCC(=O)NCCCC(=O)CCOCCOCCOCCOCCOCCOCCOCCOCCCC(=O)CCN3C(=O)C=CC3=O)O[C@H](C)[C@@H](NO[C@H]3C[C@H](O)[C@H](SC(=O)c4c(C)c(I)c(O[C@@H]5O[C@@H](C)[C@H](O)[C@@H](CO)[C@H]5O)c(OC)c4OC)[C@@H](C)O3)[C@@H]2O)C[C@@H]1OC. The van der Waals surface area contributed by atoms with E-state index in [0.717, 1.165) is 16.7 Å². The number of rotatable bonds is 60. The van der Waals surface area contributed by atoms with E-state index in [9.17, 15) is 73.8 Å². The summed E-state index contributed by atoms with van der Waals surface area (Å²) in [5.41, 5.74) is 1.90. The van der Waals surface area contributed by atoms with Gasteiger partial charge < -0.3 is 131 Å². The van der Waals surface area contributed by atoms with Gasteiger partial charge in [-0.25, -0.2) is 0 Å². The van der Waals surface area contributed by atoms with E-state index in [-0.39, 0.29) is 140 Å². The number of amides is 5. The number of carbonyl (C=O) groups is 9. The highest BCUT2D eigenvalue weighted by Crippen LogP contribution is 2.50.